The molecule has 2 aliphatic heterocycles. The third kappa shape index (κ3) is 10.2. The molecule has 2 saturated heterocycles. The average Bonchev–Trinajstić information content (AvgIpc) is 3.96. The topological polar surface area (TPSA) is 260 Å². The Balaban J connectivity index is 1.50. The lowest BCUT2D eigenvalue weighted by atomic mass is 10.0. The largest absolute Gasteiger partial charge is 0.394 e. The van der Waals surface area contributed by atoms with Gasteiger partial charge in [0.05, 0.1) is 12.9 Å². The Morgan fingerprint density at radius 1 is 0.786 bits per heavy atom. The lowest BCUT2D eigenvalue weighted by molar-refractivity contribution is -0.143. The van der Waals surface area contributed by atoms with Crippen LogP contribution in [0.15, 0.2) is 43.0 Å². The molecule has 7 amide bonds. The van der Waals surface area contributed by atoms with Crippen molar-refractivity contribution < 1.29 is 38.7 Å². The third-order valence-electron chi connectivity index (χ3n) is 9.89. The molecule has 3 aromatic rings. The maximum Gasteiger partial charge on any atom is 0.245 e. The first kappa shape index (κ1) is 41.7. The van der Waals surface area contributed by atoms with E-state index in [1.54, 1.807) is 6.20 Å². The van der Waals surface area contributed by atoms with Crippen LogP contribution >= 0.6 is 12.6 Å². The quantitative estimate of drug-likeness (QED) is 0.120. The number of nitrogens with one attached hydrogen (secondary N) is 8. The number of benzene rings is 1. The van der Waals surface area contributed by atoms with Crippen molar-refractivity contribution in [2.45, 2.75) is 95.2 Å². The number of aliphatic hydroxyl groups excluding tert-OH is 1. The van der Waals surface area contributed by atoms with Crippen LogP contribution in [0, 0.1) is 5.92 Å². The number of hydrogen-bond acceptors (Lipinski definition) is 10. The van der Waals surface area contributed by atoms with Gasteiger partial charge in [0.1, 0.15) is 42.3 Å². The molecule has 2 aliphatic rings. The fraction of sp³-hybridized carbons (Fsp3) is 0.514. The van der Waals surface area contributed by atoms with Gasteiger partial charge in [-0.05, 0) is 43.7 Å². The highest BCUT2D eigenvalue weighted by atomic mass is 32.1. The second-order valence-corrected chi connectivity index (χ2v) is 14.9. The maximum absolute atomic E-state index is 14.3. The van der Waals surface area contributed by atoms with Crippen LogP contribution in [0.25, 0.3) is 10.9 Å². The number of hydrogen-bond donors (Lipinski definition) is 10. The van der Waals surface area contributed by atoms with Crippen LogP contribution in [0.1, 0.15) is 51.3 Å². The summed E-state index contributed by atoms with van der Waals surface area (Å²) in [6, 6.07) is -1.18. The van der Waals surface area contributed by atoms with Gasteiger partial charge in [-0.2, -0.15) is 12.6 Å². The Kier molecular flexibility index (Phi) is 14.1. The number of aromatic nitrogens is 3. The summed E-state index contributed by atoms with van der Waals surface area (Å²) >= 11 is 4.22. The molecule has 56 heavy (non-hydrogen) atoms. The first-order valence-corrected chi connectivity index (χ1v) is 19.3. The smallest absolute Gasteiger partial charge is 0.245 e. The van der Waals surface area contributed by atoms with Crippen LogP contribution < -0.4 is 31.9 Å². The van der Waals surface area contributed by atoms with E-state index in [4.69, 9.17) is 0 Å². The number of aliphatic hydroxyl groups is 1. The van der Waals surface area contributed by atoms with Crippen LogP contribution in [0.3, 0.4) is 0 Å². The summed E-state index contributed by atoms with van der Waals surface area (Å²) in [4.78, 5) is 108. The first-order valence-electron chi connectivity index (χ1n) is 18.7. The van der Waals surface area contributed by atoms with Crippen LogP contribution in [0.4, 0.5) is 0 Å². The van der Waals surface area contributed by atoms with Gasteiger partial charge in [0.2, 0.25) is 41.4 Å². The normalized spacial score (nSPS) is 26.4. The SMILES string of the molecule is CC(C)C[C@@H]1NC(=O)[C@@H](Cc2cnc[nH]2)NC(=O)[C@H](CS)NC(=O)[C@H](CO)NC(=O)[C@H](C)NC(=O)[C@@H](Cc2c[nH]c3ccccc23)NC(=O)[C@@H]2CCCN2C1=O. The monoisotopic (exact) mass is 794 g/mol. The summed E-state index contributed by atoms with van der Waals surface area (Å²) in [5.74, 6) is -5.35. The van der Waals surface area contributed by atoms with E-state index in [1.807, 2.05) is 38.1 Å². The van der Waals surface area contributed by atoms with E-state index < -0.39 is 90.3 Å². The van der Waals surface area contributed by atoms with E-state index in [0.717, 1.165) is 10.9 Å². The second kappa shape index (κ2) is 18.9. The van der Waals surface area contributed by atoms with Crippen LogP contribution in [-0.4, -0.2) is 128 Å². The fourth-order valence-corrected chi connectivity index (χ4v) is 7.16. The van der Waals surface area contributed by atoms with Crippen LogP contribution in [0.5, 0.6) is 0 Å². The number of fused-ring (bicyclic) bond motifs is 2. The standard InChI is InChI=1S/C37H50N10O8S/c1-19(2)11-27-37(55)47-10-6-9-30(47)36(54)43-25(12-21-14-39-24-8-5-4-7-23(21)24)32(50)41-20(3)31(49)45-28(16-48)34(52)46-29(17-56)35(53)42-26(33(51)44-27)13-22-15-38-18-40-22/h4-5,7-8,14-15,18-20,25-30,39,48,56H,6,9-13,16-17H2,1-3H3,(H,38,40)(H,41,50)(H,42,53)(H,43,54)(H,44,51)(H,45,49)(H,46,52)/t20-,25+,26+,27-,28-,29-,30-/m0/s1. The summed E-state index contributed by atoms with van der Waals surface area (Å²) in [5.41, 5.74) is 2.02. The van der Waals surface area contributed by atoms with E-state index in [0.29, 0.717) is 24.1 Å². The van der Waals surface area contributed by atoms with E-state index in [-0.39, 0.29) is 37.5 Å². The van der Waals surface area contributed by atoms with E-state index in [1.165, 1.54) is 24.3 Å². The second-order valence-electron chi connectivity index (χ2n) is 14.6. The van der Waals surface area contributed by atoms with Gasteiger partial charge in [-0.25, -0.2) is 4.98 Å². The van der Waals surface area contributed by atoms with Gasteiger partial charge in [-0.3, -0.25) is 33.6 Å². The molecule has 18 nitrogen and oxygen atoms in total. The van der Waals surface area contributed by atoms with Gasteiger partial charge in [0.15, 0.2) is 0 Å². The van der Waals surface area contributed by atoms with Crippen molar-refractivity contribution in [3.8, 4) is 0 Å². The summed E-state index contributed by atoms with van der Waals surface area (Å²) in [5, 5.41) is 26.6. The Bertz CT molecular complexity index is 1900. The highest BCUT2D eigenvalue weighted by molar-refractivity contribution is 7.80. The number of thiol groups is 1. The van der Waals surface area contributed by atoms with E-state index in [2.05, 4.69) is 59.5 Å². The molecule has 2 aromatic heterocycles. The molecule has 7 atom stereocenters. The van der Waals surface area contributed by atoms with Crippen molar-refractivity contribution in [1.29, 1.82) is 0 Å². The number of amides is 7. The number of aromatic amines is 2. The van der Waals surface area contributed by atoms with E-state index in [9.17, 15) is 38.7 Å². The van der Waals surface area contributed by atoms with Gasteiger partial charge in [0.25, 0.3) is 0 Å². The zero-order chi connectivity index (χ0) is 40.5. The van der Waals surface area contributed by atoms with Crippen molar-refractivity contribution in [2.24, 2.45) is 5.92 Å². The minimum atomic E-state index is -1.53. The van der Waals surface area contributed by atoms with Crippen molar-refractivity contribution in [3.05, 3.63) is 54.2 Å². The summed E-state index contributed by atoms with van der Waals surface area (Å²) in [7, 11) is 0. The van der Waals surface area contributed by atoms with E-state index >= 15 is 0 Å². The maximum atomic E-state index is 14.3. The molecule has 9 N–H and O–H groups in total. The Morgan fingerprint density at radius 2 is 1.41 bits per heavy atom. The summed E-state index contributed by atoms with van der Waals surface area (Å²) in [6.45, 7) is 4.50. The molecular formula is C37H50N10O8S. The average molecular weight is 795 g/mol. The van der Waals surface area contributed by atoms with Crippen LogP contribution in [-0.2, 0) is 46.4 Å². The Morgan fingerprint density at radius 3 is 2.11 bits per heavy atom. The number of carbonyl (C=O) groups excluding carboxylic acids is 7. The number of nitrogens with zero attached hydrogens (tertiary/aromatic N) is 2. The van der Waals surface area contributed by atoms with Gasteiger partial charge in [-0.1, -0.05) is 32.0 Å². The molecule has 5 rings (SSSR count). The molecule has 0 spiro atoms. The van der Waals surface area contributed by atoms with Gasteiger partial charge >= 0.3 is 0 Å². The highest BCUT2D eigenvalue weighted by Gasteiger charge is 2.40. The van der Waals surface area contributed by atoms with Crippen molar-refractivity contribution in [2.75, 3.05) is 18.9 Å². The molecule has 0 saturated carbocycles. The molecule has 4 heterocycles. The highest BCUT2D eigenvalue weighted by Crippen LogP contribution is 2.23. The summed E-state index contributed by atoms with van der Waals surface area (Å²) < 4.78 is 0. The molecule has 0 radical (unpaired) electrons. The fourth-order valence-electron chi connectivity index (χ4n) is 6.90. The number of rotatable bonds is 8. The molecule has 0 aliphatic carbocycles. The molecule has 2 fully saturated rings. The van der Waals surface area contributed by atoms with Crippen molar-refractivity contribution in [3.63, 3.8) is 0 Å². The predicted octanol–water partition coefficient (Wildman–Crippen LogP) is -1.42. The predicted molar refractivity (Wildman–Crippen MR) is 207 cm³/mol. The van der Waals surface area contributed by atoms with Gasteiger partial charge in [0, 0.05) is 54.1 Å². The molecule has 1 aromatic carbocycles. The van der Waals surface area contributed by atoms with Gasteiger partial charge in [-0.15, -0.1) is 0 Å². The van der Waals surface area contributed by atoms with Crippen molar-refractivity contribution >= 4 is 64.9 Å². The molecule has 19 heteroatoms. The van der Waals surface area contributed by atoms with Crippen LogP contribution in [0.2, 0.25) is 0 Å². The third-order valence-corrected chi connectivity index (χ3v) is 10.3. The van der Waals surface area contributed by atoms with Crippen molar-refractivity contribution in [1.82, 2.24) is 51.8 Å². The minimum absolute atomic E-state index is 0.0220. The molecular weight excluding hydrogens is 745 g/mol. The number of H-pyrrole nitrogens is 2. The lowest BCUT2D eigenvalue weighted by Gasteiger charge is -2.31. The molecule has 302 valence electrons. The Hall–Kier alpha value is -5.43. The zero-order valence-corrected chi connectivity index (χ0v) is 32.4. The molecule has 0 bridgehead atoms. The van der Waals surface area contributed by atoms with Gasteiger partial charge < -0.3 is 51.9 Å². The number of para-hydroxylation sites is 1. The lowest BCUT2D eigenvalue weighted by Crippen LogP contribution is -2.60. The number of imidazole rings is 1. The minimum Gasteiger partial charge on any atom is -0.394 e. The Labute approximate surface area is 328 Å². The zero-order valence-electron chi connectivity index (χ0n) is 31.5. The first-order chi connectivity index (χ1) is 26.8. The number of carbonyl (C=O) groups is 7. The molecule has 0 unspecified atom stereocenters. The summed E-state index contributed by atoms with van der Waals surface area (Å²) in [6.07, 6.45) is 5.57.